The molecular formula is C34H53N3O4. The van der Waals surface area contributed by atoms with Crippen LogP contribution in [0.3, 0.4) is 0 Å². The molecule has 2 aromatic carbocycles. The highest BCUT2D eigenvalue weighted by Gasteiger charge is 2.39. The largest absolute Gasteiger partial charge is 0.490 e. The van der Waals surface area contributed by atoms with Gasteiger partial charge in [-0.05, 0) is 88.2 Å². The van der Waals surface area contributed by atoms with Crippen LogP contribution in [0.15, 0.2) is 30.3 Å². The summed E-state index contributed by atoms with van der Waals surface area (Å²) in [6.45, 7) is 19.8. The molecule has 1 fully saturated rings. The quantitative estimate of drug-likeness (QED) is 0.308. The van der Waals surface area contributed by atoms with Gasteiger partial charge in [0.2, 0.25) is 5.91 Å². The minimum atomic E-state index is -2.09. The van der Waals surface area contributed by atoms with Crippen LogP contribution in [-0.4, -0.2) is 79.9 Å². The summed E-state index contributed by atoms with van der Waals surface area (Å²) in [6, 6.07) is 2.70. The smallest absolute Gasteiger partial charge is 0.238 e. The van der Waals surface area contributed by atoms with E-state index in [4.69, 9.17) is 22.4 Å². The second-order valence-electron chi connectivity index (χ2n) is 12.0. The molecule has 0 spiro atoms. The van der Waals surface area contributed by atoms with Crippen LogP contribution in [0.4, 0.5) is 5.69 Å². The van der Waals surface area contributed by atoms with Crippen LogP contribution >= 0.6 is 0 Å². The third kappa shape index (κ3) is 8.46. The molecule has 3 rings (SSSR count). The van der Waals surface area contributed by atoms with Crippen molar-refractivity contribution < 1.29 is 27.2 Å². The molecule has 1 atom stereocenters. The number of hydrogen-bond acceptors (Lipinski definition) is 6. The number of rotatable bonds is 13. The second-order valence-corrected chi connectivity index (χ2v) is 12.0. The molecule has 1 aliphatic rings. The summed E-state index contributed by atoms with van der Waals surface area (Å²) in [5.41, 5.74) is 1.03. The lowest BCUT2D eigenvalue weighted by atomic mass is 9.95. The molecule has 0 aromatic heterocycles. The zero-order valence-electron chi connectivity index (χ0n) is 32.6. The maximum Gasteiger partial charge on any atom is 0.238 e. The first kappa shape index (κ1) is 24.9. The van der Waals surface area contributed by atoms with Gasteiger partial charge in [0.15, 0.2) is 11.5 Å². The second kappa shape index (κ2) is 14.0. The summed E-state index contributed by atoms with van der Waals surface area (Å²) in [6.07, 6.45) is -2.09. The average molecular weight is 574 g/mol. The maximum atomic E-state index is 13.5. The van der Waals surface area contributed by atoms with E-state index in [0.29, 0.717) is 50.9 Å². The van der Waals surface area contributed by atoms with Crippen LogP contribution in [0.5, 0.6) is 11.5 Å². The lowest BCUT2D eigenvalue weighted by Crippen LogP contribution is -2.63. The monoisotopic (exact) mass is 573 g/mol. The van der Waals surface area contributed by atoms with Gasteiger partial charge < -0.3 is 19.5 Å². The highest BCUT2D eigenvalue weighted by Crippen LogP contribution is 2.33. The fourth-order valence-electron chi connectivity index (χ4n) is 5.14. The van der Waals surface area contributed by atoms with Crippen molar-refractivity contribution in [3.8, 4) is 11.5 Å². The number of para-hydroxylation sites is 1. The first-order chi connectivity index (χ1) is 21.5. The first-order valence-corrected chi connectivity index (χ1v) is 14.4. The average Bonchev–Trinajstić information content (AvgIpc) is 2.93. The Bertz CT molecular complexity index is 1420. The van der Waals surface area contributed by atoms with Crippen LogP contribution in [0.1, 0.15) is 84.8 Å². The molecule has 0 radical (unpaired) electrons. The van der Waals surface area contributed by atoms with Gasteiger partial charge in [0.05, 0.1) is 17.3 Å². The molecule has 7 heteroatoms. The normalized spacial score (nSPS) is 20.0. The molecule has 1 saturated heterocycles. The zero-order chi connectivity index (χ0) is 35.7. The summed E-state index contributed by atoms with van der Waals surface area (Å²) in [7, 11) is 1.68. The summed E-state index contributed by atoms with van der Waals surface area (Å²) in [5.74, 6) is -0.472. The van der Waals surface area contributed by atoms with Crippen molar-refractivity contribution in [2.24, 2.45) is 0 Å². The third-order valence-corrected chi connectivity index (χ3v) is 7.82. The van der Waals surface area contributed by atoms with Crippen LogP contribution in [0.25, 0.3) is 0 Å². The minimum absolute atomic E-state index is 0.00221. The molecular weight excluding hydrogens is 514 g/mol. The predicted octanol–water partition coefficient (Wildman–Crippen LogP) is 6.21. The fourth-order valence-corrected chi connectivity index (χ4v) is 5.14. The van der Waals surface area contributed by atoms with Gasteiger partial charge in [0.1, 0.15) is 12.2 Å². The molecule has 1 heterocycles. The number of ether oxygens (including phenoxy) is 3. The van der Waals surface area contributed by atoms with Crippen molar-refractivity contribution >= 4 is 11.6 Å². The summed E-state index contributed by atoms with van der Waals surface area (Å²) in [4.78, 5) is 17.8. The summed E-state index contributed by atoms with van der Waals surface area (Å²) < 4.78 is 68.6. The molecule has 1 aliphatic heterocycles. The summed E-state index contributed by atoms with van der Waals surface area (Å²) in [5, 5.41) is 2.76. The first-order valence-electron chi connectivity index (χ1n) is 17.4. The van der Waals surface area contributed by atoms with Crippen LogP contribution < -0.4 is 14.8 Å². The molecule has 1 unspecified atom stereocenters. The third-order valence-electron chi connectivity index (χ3n) is 7.82. The van der Waals surface area contributed by atoms with Crippen molar-refractivity contribution in [1.82, 2.24) is 9.80 Å². The van der Waals surface area contributed by atoms with Gasteiger partial charge in [-0.25, -0.2) is 0 Å². The number of anilines is 1. The molecule has 0 saturated carbocycles. The molecule has 7 nitrogen and oxygen atoms in total. The van der Waals surface area contributed by atoms with Gasteiger partial charge in [-0.1, -0.05) is 38.9 Å². The Morgan fingerprint density at radius 1 is 1.17 bits per heavy atom. The van der Waals surface area contributed by atoms with Crippen molar-refractivity contribution in [1.29, 1.82) is 0 Å². The number of nitrogens with zero attached hydrogens (tertiary/aromatic N) is 2. The Morgan fingerprint density at radius 3 is 2.39 bits per heavy atom. The van der Waals surface area contributed by atoms with Gasteiger partial charge in [0.25, 0.3) is 0 Å². The lowest BCUT2D eigenvalue weighted by Gasteiger charge is -2.49. The number of carbonyl (C=O) groups excluding carboxylic acids is 1. The van der Waals surface area contributed by atoms with Crippen LogP contribution in [0, 0.1) is 13.8 Å². The maximum absolute atomic E-state index is 13.5. The van der Waals surface area contributed by atoms with E-state index in [0.717, 1.165) is 11.1 Å². The number of nitrogens with one attached hydrogen (secondary N) is 1. The number of aryl methyl sites for hydroxylation is 2. The van der Waals surface area contributed by atoms with E-state index < -0.39 is 35.9 Å². The van der Waals surface area contributed by atoms with E-state index in [9.17, 15) is 4.79 Å². The van der Waals surface area contributed by atoms with Gasteiger partial charge in [-0.15, -0.1) is 0 Å². The van der Waals surface area contributed by atoms with Crippen molar-refractivity contribution in [3.05, 3.63) is 52.5 Å². The SMILES string of the molecule is [2H]c1c([2H])c(C([2H])([2H])C)c(NC(=O)CN2CCN(CC(C)(COc3cc(C)c(C)cc3OCC)OC)C(C)(C)C2)c(C([2H])(C)C)c1[2H]. The van der Waals surface area contributed by atoms with Crippen LogP contribution in [0.2, 0.25) is 0 Å². The Morgan fingerprint density at radius 2 is 1.83 bits per heavy atom. The van der Waals surface area contributed by atoms with Gasteiger partial charge in [0, 0.05) is 48.6 Å². The van der Waals surface area contributed by atoms with E-state index in [1.807, 2.05) is 44.7 Å². The standard InChI is InChI=1S/C34H53N3O4/c1-11-27-14-13-15-28(24(3)4)32(27)35-31(38)20-36-16-17-37(33(7,8)21-36)22-34(9,39-10)23-41-30-19-26(6)25(5)18-29(30)40-12-2/h13-15,18-19,24H,11-12,16-17,20-23H2,1-10H3,(H,35,38)/i11D2,13D,14D,15D,24D. The zero-order valence-corrected chi connectivity index (χ0v) is 26.6. The van der Waals surface area contributed by atoms with E-state index in [1.54, 1.807) is 7.11 Å². The van der Waals surface area contributed by atoms with Gasteiger partial charge in [-0.2, -0.15) is 0 Å². The molecule has 228 valence electrons. The van der Waals surface area contributed by atoms with Gasteiger partial charge >= 0.3 is 0 Å². The lowest BCUT2D eigenvalue weighted by molar-refractivity contribution is -0.120. The molecule has 41 heavy (non-hydrogen) atoms. The Labute approximate surface area is 257 Å². The highest BCUT2D eigenvalue weighted by molar-refractivity contribution is 5.94. The Hall–Kier alpha value is -2.61. The molecule has 1 N–H and O–H groups in total. The van der Waals surface area contributed by atoms with E-state index in [2.05, 4.69) is 24.1 Å². The van der Waals surface area contributed by atoms with E-state index in [-0.39, 0.29) is 34.9 Å². The predicted molar refractivity (Wildman–Crippen MR) is 169 cm³/mol. The number of methoxy groups -OCH3 is 1. The fraction of sp³-hybridized carbons (Fsp3) is 0.618. The van der Waals surface area contributed by atoms with Gasteiger partial charge in [-0.3, -0.25) is 14.6 Å². The highest BCUT2D eigenvalue weighted by atomic mass is 16.5. The number of hydrogen-bond donors (Lipinski definition) is 1. The van der Waals surface area contributed by atoms with Crippen LogP contribution in [-0.2, 0) is 15.9 Å². The molecule has 0 bridgehead atoms. The Balaban J connectivity index is 1.75. The summed E-state index contributed by atoms with van der Waals surface area (Å²) >= 11 is 0. The van der Waals surface area contributed by atoms with Crippen molar-refractivity contribution in [2.75, 3.05) is 58.4 Å². The number of carbonyl (C=O) groups is 1. The Kier molecular flexibility index (Phi) is 8.54. The minimum Gasteiger partial charge on any atom is -0.490 e. The number of piperazine rings is 1. The van der Waals surface area contributed by atoms with Crippen molar-refractivity contribution in [3.63, 3.8) is 0 Å². The molecule has 2 aromatic rings. The topological polar surface area (TPSA) is 63.3 Å². The number of benzene rings is 2. The van der Waals surface area contributed by atoms with Crippen molar-refractivity contribution in [2.45, 2.75) is 85.7 Å². The molecule has 0 aliphatic carbocycles. The molecule has 1 amide bonds. The number of amides is 1. The van der Waals surface area contributed by atoms with E-state index in [1.165, 1.54) is 20.8 Å². The van der Waals surface area contributed by atoms with E-state index >= 15 is 0 Å².